The van der Waals surface area contributed by atoms with Crippen LogP contribution < -0.4 is 0 Å². The molecule has 1 radical (unpaired) electrons. The molecule has 0 aromatic heterocycles. The summed E-state index contributed by atoms with van der Waals surface area (Å²) in [5.74, 6) is 0.0771. The first-order valence-corrected chi connectivity index (χ1v) is 6.65. The van der Waals surface area contributed by atoms with Crippen LogP contribution in [0.5, 0.6) is 5.75 Å². The lowest BCUT2D eigenvalue weighted by Gasteiger charge is -2.14. The fourth-order valence-electron chi connectivity index (χ4n) is 3.04. The summed E-state index contributed by atoms with van der Waals surface area (Å²) in [5.41, 5.74) is 2.73. The Bertz CT molecular complexity index is 828. The van der Waals surface area contributed by atoms with Gasteiger partial charge in [0.05, 0.1) is 0 Å². The van der Waals surface area contributed by atoms with Crippen molar-refractivity contribution in [2.75, 3.05) is 0 Å². The van der Waals surface area contributed by atoms with E-state index in [9.17, 15) is 5.11 Å². The maximum atomic E-state index is 11.6. The number of fused-ring (bicyclic) bond motifs is 5. The van der Waals surface area contributed by atoms with Crippen molar-refractivity contribution in [3.05, 3.63) is 59.7 Å². The van der Waals surface area contributed by atoms with Crippen LogP contribution in [0.25, 0.3) is 27.6 Å². The highest BCUT2D eigenvalue weighted by Crippen LogP contribution is 2.33. The van der Waals surface area contributed by atoms with Crippen molar-refractivity contribution in [1.29, 1.82) is 0 Å². The Morgan fingerprint density at radius 3 is 2.63 bits per heavy atom. The van der Waals surface area contributed by atoms with E-state index in [2.05, 4.69) is 36.4 Å². The SMILES string of the molecule is [O]c1ccc2ccc3c4c(ccc3c2c1)CCC=C4. The highest BCUT2D eigenvalue weighted by Gasteiger charge is 2.10. The Hall–Kier alpha value is -2.28. The lowest BCUT2D eigenvalue weighted by atomic mass is 9.90. The first-order chi connectivity index (χ1) is 9.33. The Morgan fingerprint density at radius 2 is 1.68 bits per heavy atom. The minimum absolute atomic E-state index is 0.0771. The van der Waals surface area contributed by atoms with E-state index >= 15 is 0 Å². The van der Waals surface area contributed by atoms with E-state index in [0.29, 0.717) is 0 Å². The van der Waals surface area contributed by atoms with Gasteiger partial charge in [0.2, 0.25) is 0 Å². The van der Waals surface area contributed by atoms with Crippen molar-refractivity contribution in [2.45, 2.75) is 12.8 Å². The van der Waals surface area contributed by atoms with E-state index in [1.165, 1.54) is 21.9 Å². The van der Waals surface area contributed by atoms with Gasteiger partial charge in [-0.2, -0.15) is 0 Å². The molecule has 1 heteroatoms. The summed E-state index contributed by atoms with van der Waals surface area (Å²) in [4.78, 5) is 0. The predicted octanol–water partition coefficient (Wildman–Crippen LogP) is 5.10. The Kier molecular flexibility index (Phi) is 2.16. The van der Waals surface area contributed by atoms with Gasteiger partial charge < -0.3 is 0 Å². The summed E-state index contributed by atoms with van der Waals surface area (Å²) in [6.07, 6.45) is 6.68. The van der Waals surface area contributed by atoms with Gasteiger partial charge in [-0.05, 0) is 57.6 Å². The second-order valence-electron chi connectivity index (χ2n) is 5.12. The standard InChI is InChI=1S/C18H13O/c19-14-8-5-13-7-9-16-15-4-2-1-3-12(15)6-10-17(16)18(13)11-14/h2,4-11H,1,3H2. The van der Waals surface area contributed by atoms with E-state index in [-0.39, 0.29) is 5.75 Å². The summed E-state index contributed by atoms with van der Waals surface area (Å²) in [7, 11) is 0. The number of rotatable bonds is 0. The van der Waals surface area contributed by atoms with Crippen LogP contribution in [0, 0.1) is 0 Å². The van der Waals surface area contributed by atoms with Gasteiger partial charge in [0.15, 0.2) is 5.75 Å². The molecule has 19 heavy (non-hydrogen) atoms. The minimum atomic E-state index is 0.0771. The molecule has 1 aliphatic carbocycles. The molecule has 0 aliphatic heterocycles. The molecule has 0 unspecified atom stereocenters. The third-order valence-corrected chi connectivity index (χ3v) is 3.99. The number of allylic oxidation sites excluding steroid dienone is 1. The lowest BCUT2D eigenvalue weighted by Crippen LogP contribution is -1.95. The normalized spacial score (nSPS) is 13.9. The fraction of sp³-hybridized carbons (Fsp3) is 0.111. The van der Waals surface area contributed by atoms with E-state index in [1.54, 1.807) is 12.1 Å². The molecule has 0 amide bonds. The summed E-state index contributed by atoms with van der Waals surface area (Å²) < 4.78 is 0. The number of aryl methyl sites for hydroxylation is 1. The van der Waals surface area contributed by atoms with Gasteiger partial charge in [0, 0.05) is 0 Å². The Balaban J connectivity index is 2.18. The highest BCUT2D eigenvalue weighted by molar-refractivity contribution is 6.10. The average Bonchev–Trinajstić information content (AvgIpc) is 2.46. The van der Waals surface area contributed by atoms with Gasteiger partial charge in [0.1, 0.15) is 0 Å². The van der Waals surface area contributed by atoms with Crippen molar-refractivity contribution < 1.29 is 5.11 Å². The van der Waals surface area contributed by atoms with Crippen LogP contribution in [0.15, 0.2) is 48.5 Å². The number of benzene rings is 3. The third-order valence-electron chi connectivity index (χ3n) is 3.99. The molecule has 0 spiro atoms. The largest absolute Gasteiger partial charge is 0.290 e. The van der Waals surface area contributed by atoms with E-state index in [4.69, 9.17) is 0 Å². The summed E-state index contributed by atoms with van der Waals surface area (Å²) in [5, 5.41) is 16.2. The zero-order chi connectivity index (χ0) is 12.8. The highest BCUT2D eigenvalue weighted by atomic mass is 16.3. The molecule has 0 fully saturated rings. The van der Waals surface area contributed by atoms with Crippen molar-refractivity contribution in [3.8, 4) is 5.75 Å². The van der Waals surface area contributed by atoms with Gasteiger partial charge in [-0.3, -0.25) is 5.11 Å². The molecule has 0 saturated carbocycles. The Morgan fingerprint density at radius 1 is 0.842 bits per heavy atom. The predicted molar refractivity (Wildman–Crippen MR) is 78.9 cm³/mol. The number of hydrogen-bond acceptors (Lipinski definition) is 0. The van der Waals surface area contributed by atoms with E-state index in [0.717, 1.165) is 23.6 Å². The second-order valence-corrected chi connectivity index (χ2v) is 5.12. The van der Waals surface area contributed by atoms with Gasteiger partial charge in [-0.15, -0.1) is 0 Å². The topological polar surface area (TPSA) is 19.9 Å². The van der Waals surface area contributed by atoms with Crippen LogP contribution in [-0.2, 0) is 11.5 Å². The van der Waals surface area contributed by atoms with Gasteiger partial charge in [-0.1, -0.05) is 42.5 Å². The molecule has 1 aliphatic rings. The molecule has 0 atom stereocenters. The molecule has 0 bridgehead atoms. The van der Waals surface area contributed by atoms with Crippen LogP contribution >= 0.6 is 0 Å². The molecule has 0 N–H and O–H groups in total. The zero-order valence-electron chi connectivity index (χ0n) is 10.5. The average molecular weight is 245 g/mol. The van der Waals surface area contributed by atoms with Crippen LogP contribution in [0.3, 0.4) is 0 Å². The minimum Gasteiger partial charge on any atom is -0.290 e. The fourth-order valence-corrected chi connectivity index (χ4v) is 3.04. The van der Waals surface area contributed by atoms with Crippen molar-refractivity contribution in [2.24, 2.45) is 0 Å². The molecule has 3 aromatic rings. The molecule has 4 rings (SSSR count). The van der Waals surface area contributed by atoms with Crippen LogP contribution in [-0.4, -0.2) is 0 Å². The first kappa shape index (κ1) is 10.6. The number of hydrogen-bond donors (Lipinski definition) is 0. The molecule has 91 valence electrons. The Labute approximate surface area is 111 Å². The van der Waals surface area contributed by atoms with Crippen molar-refractivity contribution in [1.82, 2.24) is 0 Å². The van der Waals surface area contributed by atoms with Crippen LogP contribution in [0.1, 0.15) is 17.5 Å². The third kappa shape index (κ3) is 1.55. The summed E-state index contributed by atoms with van der Waals surface area (Å²) in [6, 6.07) is 13.9. The molecule has 3 aromatic carbocycles. The summed E-state index contributed by atoms with van der Waals surface area (Å²) in [6.45, 7) is 0. The smallest absolute Gasteiger partial charge is 0.179 e. The molecule has 1 nitrogen and oxygen atoms in total. The van der Waals surface area contributed by atoms with Crippen molar-refractivity contribution >= 4 is 27.6 Å². The molecule has 0 heterocycles. The maximum Gasteiger partial charge on any atom is 0.179 e. The van der Waals surface area contributed by atoms with E-state index < -0.39 is 0 Å². The second kappa shape index (κ2) is 3.86. The maximum absolute atomic E-state index is 11.6. The van der Waals surface area contributed by atoms with E-state index in [1.807, 2.05) is 6.07 Å². The van der Waals surface area contributed by atoms with Crippen LogP contribution in [0.2, 0.25) is 0 Å². The van der Waals surface area contributed by atoms with Crippen LogP contribution in [0.4, 0.5) is 0 Å². The monoisotopic (exact) mass is 245 g/mol. The lowest BCUT2D eigenvalue weighted by molar-refractivity contribution is 0.355. The van der Waals surface area contributed by atoms with Crippen molar-refractivity contribution in [3.63, 3.8) is 0 Å². The van der Waals surface area contributed by atoms with Gasteiger partial charge in [0.25, 0.3) is 0 Å². The molecular weight excluding hydrogens is 232 g/mol. The summed E-state index contributed by atoms with van der Waals surface area (Å²) >= 11 is 0. The molecule has 0 saturated heterocycles. The first-order valence-electron chi connectivity index (χ1n) is 6.65. The zero-order valence-corrected chi connectivity index (χ0v) is 10.5. The molecular formula is C18H13O. The van der Waals surface area contributed by atoms with Gasteiger partial charge >= 0.3 is 0 Å². The quantitative estimate of drug-likeness (QED) is 0.491. The van der Waals surface area contributed by atoms with Gasteiger partial charge in [-0.25, -0.2) is 0 Å².